The Bertz CT molecular complexity index is 527. The number of anilines is 1. The number of benzene rings is 1. The van der Waals surface area contributed by atoms with Crippen LogP contribution in [-0.2, 0) is 6.42 Å². The molecule has 0 saturated heterocycles. The van der Waals surface area contributed by atoms with Crippen molar-refractivity contribution in [1.29, 1.82) is 0 Å². The van der Waals surface area contributed by atoms with Crippen LogP contribution in [0.15, 0.2) is 18.3 Å². The summed E-state index contributed by atoms with van der Waals surface area (Å²) in [4.78, 5) is 3.21. The molecule has 0 radical (unpaired) electrons. The molecular weight excluding hydrogens is 271 g/mol. The van der Waals surface area contributed by atoms with E-state index in [9.17, 15) is 0 Å². The quantitative estimate of drug-likeness (QED) is 0.670. The largest absolute Gasteiger partial charge is 0.480 e. The second-order valence-electron chi connectivity index (χ2n) is 3.85. The van der Waals surface area contributed by atoms with Gasteiger partial charge in [-0.1, -0.05) is 18.8 Å². The van der Waals surface area contributed by atoms with Crippen molar-refractivity contribution in [3.63, 3.8) is 0 Å². The molecule has 7 heteroatoms. The number of rotatable bonds is 4. The van der Waals surface area contributed by atoms with Gasteiger partial charge in [0.2, 0.25) is 0 Å². The highest BCUT2D eigenvalue weighted by molar-refractivity contribution is 7.30. The molecule has 0 aliphatic carbocycles. The lowest BCUT2D eigenvalue weighted by Gasteiger charge is -2.08. The molecule has 0 saturated carbocycles. The first kappa shape index (κ1) is 13.1. The highest BCUT2D eigenvalue weighted by atomic mass is 31.1. The van der Waals surface area contributed by atoms with Crippen molar-refractivity contribution in [1.82, 2.24) is 9.42 Å². The molecule has 0 bridgehead atoms. The van der Waals surface area contributed by atoms with E-state index in [1.165, 1.54) is 5.56 Å². The van der Waals surface area contributed by atoms with Crippen LogP contribution in [0.3, 0.4) is 0 Å². The normalized spacial score (nSPS) is 11.3. The lowest BCUT2D eigenvalue weighted by atomic mass is 10.1. The molecule has 3 unspecified atom stereocenters. The minimum Gasteiger partial charge on any atom is -0.480 e. The molecule has 1 aromatic carbocycles. The number of nitrogens with zero attached hydrogens (tertiary/aromatic N) is 1. The minimum atomic E-state index is 0.708. The van der Waals surface area contributed by atoms with E-state index in [4.69, 9.17) is 10.3 Å². The van der Waals surface area contributed by atoms with Crippen molar-refractivity contribution in [2.45, 2.75) is 6.42 Å². The SMILES string of the molecule is Nc1cc(OP)cc2c(CCN(P)P)c[nH]c12. The molecule has 0 fully saturated rings. The van der Waals surface area contributed by atoms with E-state index in [2.05, 4.69) is 33.2 Å². The molecule has 0 spiro atoms. The standard InChI is InChI=1S/C10H16N3OP3/c11-9-4-7(14-17)3-8-6(1-2-13(15)16)5-12-10(8)9/h3-5,12H,1-2,11,15-17H2. The second kappa shape index (κ2) is 5.50. The van der Waals surface area contributed by atoms with Crippen LogP contribution in [0.2, 0.25) is 0 Å². The van der Waals surface area contributed by atoms with E-state index in [-0.39, 0.29) is 0 Å². The van der Waals surface area contributed by atoms with Gasteiger partial charge in [0.05, 0.1) is 20.7 Å². The highest BCUT2D eigenvalue weighted by Crippen LogP contribution is 2.30. The summed E-state index contributed by atoms with van der Waals surface area (Å²) in [6, 6.07) is 3.81. The zero-order valence-electron chi connectivity index (χ0n) is 9.31. The van der Waals surface area contributed by atoms with Crippen LogP contribution < -0.4 is 10.3 Å². The Morgan fingerprint density at radius 2 is 2.12 bits per heavy atom. The predicted octanol–water partition coefficient (Wildman–Crippen LogP) is 2.34. The van der Waals surface area contributed by atoms with Gasteiger partial charge in [-0.3, -0.25) is 4.44 Å². The number of nitrogens with one attached hydrogen (secondary N) is 1. The zero-order chi connectivity index (χ0) is 12.4. The smallest absolute Gasteiger partial charge is 0.125 e. The minimum absolute atomic E-state index is 0.708. The van der Waals surface area contributed by atoms with E-state index >= 15 is 0 Å². The van der Waals surface area contributed by atoms with Gasteiger partial charge >= 0.3 is 0 Å². The molecule has 0 amide bonds. The Morgan fingerprint density at radius 1 is 1.35 bits per heavy atom. The van der Waals surface area contributed by atoms with E-state index < -0.39 is 0 Å². The van der Waals surface area contributed by atoms with Gasteiger partial charge in [-0.05, 0) is 18.1 Å². The fourth-order valence-electron chi connectivity index (χ4n) is 1.81. The Balaban J connectivity index is 2.40. The first-order valence-electron chi connectivity index (χ1n) is 5.15. The number of aromatic nitrogens is 1. The van der Waals surface area contributed by atoms with Crippen LogP contribution in [-0.4, -0.2) is 16.0 Å². The van der Waals surface area contributed by atoms with Crippen LogP contribution in [0.5, 0.6) is 5.75 Å². The van der Waals surface area contributed by atoms with Gasteiger partial charge in [-0.2, -0.15) is 0 Å². The average Bonchev–Trinajstić information content (AvgIpc) is 2.69. The highest BCUT2D eigenvalue weighted by Gasteiger charge is 2.08. The number of nitrogens with two attached hydrogens (primary N) is 1. The van der Waals surface area contributed by atoms with Crippen LogP contribution in [0.4, 0.5) is 5.69 Å². The summed E-state index contributed by atoms with van der Waals surface area (Å²) >= 11 is 0. The van der Waals surface area contributed by atoms with Gasteiger partial charge < -0.3 is 15.2 Å². The van der Waals surface area contributed by atoms with Gasteiger partial charge in [0.1, 0.15) is 5.75 Å². The molecule has 17 heavy (non-hydrogen) atoms. The van der Waals surface area contributed by atoms with Gasteiger partial charge in [-0.15, -0.1) is 0 Å². The summed E-state index contributed by atoms with van der Waals surface area (Å²) in [7, 11) is 7.48. The molecule has 92 valence electrons. The number of H-pyrrole nitrogens is 1. The van der Waals surface area contributed by atoms with Crippen molar-refractivity contribution >= 4 is 44.8 Å². The third-order valence-corrected chi connectivity index (χ3v) is 3.44. The van der Waals surface area contributed by atoms with Gasteiger partial charge in [0, 0.05) is 24.2 Å². The van der Waals surface area contributed by atoms with Crippen LogP contribution in [0, 0.1) is 0 Å². The van der Waals surface area contributed by atoms with Crippen molar-refractivity contribution in [2.75, 3.05) is 12.3 Å². The topological polar surface area (TPSA) is 54.3 Å². The maximum Gasteiger partial charge on any atom is 0.125 e. The van der Waals surface area contributed by atoms with Crippen LogP contribution in [0.25, 0.3) is 10.9 Å². The molecule has 2 aromatic rings. The third kappa shape index (κ3) is 2.89. The van der Waals surface area contributed by atoms with E-state index in [1.807, 2.05) is 22.8 Å². The number of hydrogen-bond acceptors (Lipinski definition) is 3. The summed E-state index contributed by atoms with van der Waals surface area (Å²) in [6.07, 6.45) is 2.96. The van der Waals surface area contributed by atoms with Crippen molar-refractivity contribution in [2.24, 2.45) is 0 Å². The Kier molecular flexibility index (Phi) is 4.22. The molecule has 0 aliphatic heterocycles. The monoisotopic (exact) mass is 287 g/mol. The first-order chi connectivity index (χ1) is 8.11. The zero-order valence-corrected chi connectivity index (χ0v) is 12.8. The van der Waals surface area contributed by atoms with Crippen molar-refractivity contribution in [3.8, 4) is 5.75 Å². The van der Waals surface area contributed by atoms with E-state index in [0.29, 0.717) is 5.69 Å². The van der Waals surface area contributed by atoms with E-state index in [0.717, 1.165) is 29.6 Å². The average molecular weight is 287 g/mol. The predicted molar refractivity (Wildman–Crippen MR) is 82.9 cm³/mol. The molecule has 2 rings (SSSR count). The summed E-state index contributed by atoms with van der Waals surface area (Å²) in [5, 5.41) is 1.12. The fraction of sp³-hybridized carbons (Fsp3) is 0.200. The molecule has 0 aliphatic rings. The van der Waals surface area contributed by atoms with Gasteiger partial charge in [-0.25, -0.2) is 0 Å². The Labute approximate surface area is 107 Å². The molecular formula is C10H16N3OP3. The molecule has 3 atom stereocenters. The Morgan fingerprint density at radius 3 is 2.76 bits per heavy atom. The van der Waals surface area contributed by atoms with Crippen LogP contribution >= 0.6 is 28.2 Å². The van der Waals surface area contributed by atoms with Crippen molar-refractivity contribution < 1.29 is 4.52 Å². The van der Waals surface area contributed by atoms with Crippen LogP contribution in [0.1, 0.15) is 5.56 Å². The molecule has 1 aromatic heterocycles. The summed E-state index contributed by atoms with van der Waals surface area (Å²) in [5.74, 6) is 0.759. The lowest BCUT2D eigenvalue weighted by molar-refractivity contribution is 0.648. The summed E-state index contributed by atoms with van der Waals surface area (Å²) in [5.41, 5.74) is 8.89. The third-order valence-electron chi connectivity index (χ3n) is 2.65. The van der Waals surface area contributed by atoms with Gasteiger partial charge in [0.25, 0.3) is 0 Å². The first-order valence-corrected chi connectivity index (χ1v) is 6.65. The van der Waals surface area contributed by atoms with Crippen molar-refractivity contribution in [3.05, 3.63) is 23.9 Å². The number of nitrogen functional groups attached to an aromatic ring is 1. The number of fused-ring (bicyclic) bond motifs is 1. The maximum atomic E-state index is 5.96. The Hall–Kier alpha value is -0.390. The molecule has 3 N–H and O–H groups in total. The fourth-order valence-corrected chi connectivity index (χ4v) is 2.21. The maximum absolute atomic E-state index is 5.96. The summed E-state index contributed by atoms with van der Waals surface area (Å²) in [6.45, 7) is 0.939. The number of hydrogen-bond donors (Lipinski definition) is 2. The van der Waals surface area contributed by atoms with Gasteiger partial charge in [0.15, 0.2) is 0 Å². The molecule has 1 heterocycles. The lowest BCUT2D eigenvalue weighted by Crippen LogP contribution is -2.01. The second-order valence-corrected chi connectivity index (χ2v) is 6.01. The van der Waals surface area contributed by atoms with E-state index in [1.54, 1.807) is 0 Å². The number of aromatic amines is 1. The molecule has 4 nitrogen and oxygen atoms in total. The summed E-state index contributed by atoms with van der Waals surface area (Å²) < 4.78 is 7.16.